The summed E-state index contributed by atoms with van der Waals surface area (Å²) in [4.78, 5) is 11.2. The van der Waals surface area contributed by atoms with Crippen LogP contribution in [-0.2, 0) is 0 Å². The minimum Gasteiger partial charge on any atom is -0.421 e. The number of fused-ring (bicyclic) bond motifs is 1. The quantitative estimate of drug-likeness (QED) is 0.704. The van der Waals surface area contributed by atoms with E-state index in [1.54, 1.807) is 13.1 Å². The molecule has 0 radical (unpaired) electrons. The van der Waals surface area contributed by atoms with E-state index in [1.165, 1.54) is 18.2 Å². The highest BCUT2D eigenvalue weighted by Crippen LogP contribution is 2.16. The molecule has 0 spiro atoms. The Hall–Kier alpha value is -1.84. The van der Waals surface area contributed by atoms with Gasteiger partial charge in [-0.3, -0.25) is 0 Å². The molecule has 1 aromatic heterocycles. The van der Waals surface area contributed by atoms with Gasteiger partial charge in [-0.15, -0.1) is 0 Å². The fraction of sp³-hybridized carbons (Fsp3) is 0.100. The standard InChI is InChI=1S/C10H8FNO2/c1-12-8-5-6-4-7(11)2-3-9(6)14-10(8)13/h2-5,12H,1H3. The van der Waals surface area contributed by atoms with E-state index in [2.05, 4.69) is 5.32 Å². The Kier molecular flexibility index (Phi) is 1.96. The van der Waals surface area contributed by atoms with Crippen LogP contribution in [-0.4, -0.2) is 7.05 Å². The Labute approximate surface area is 79.2 Å². The highest BCUT2D eigenvalue weighted by atomic mass is 19.1. The predicted octanol–water partition coefficient (Wildman–Crippen LogP) is 1.97. The van der Waals surface area contributed by atoms with Gasteiger partial charge in [0.25, 0.3) is 0 Å². The fourth-order valence-electron chi connectivity index (χ4n) is 1.27. The van der Waals surface area contributed by atoms with Crippen molar-refractivity contribution >= 4 is 16.7 Å². The van der Waals surface area contributed by atoms with Gasteiger partial charge < -0.3 is 9.73 Å². The molecule has 0 saturated heterocycles. The predicted molar refractivity (Wildman–Crippen MR) is 52.0 cm³/mol. The van der Waals surface area contributed by atoms with E-state index in [0.717, 1.165) is 0 Å². The molecule has 0 aliphatic carbocycles. The van der Waals surface area contributed by atoms with Crippen LogP contribution in [0.2, 0.25) is 0 Å². The lowest BCUT2D eigenvalue weighted by Crippen LogP contribution is -2.06. The molecule has 2 rings (SSSR count). The van der Waals surface area contributed by atoms with Gasteiger partial charge in [0, 0.05) is 12.4 Å². The molecule has 0 unspecified atom stereocenters. The van der Waals surface area contributed by atoms with Crippen molar-refractivity contribution in [2.24, 2.45) is 0 Å². The van der Waals surface area contributed by atoms with Crippen molar-refractivity contribution in [2.75, 3.05) is 12.4 Å². The van der Waals surface area contributed by atoms with Crippen LogP contribution in [0.3, 0.4) is 0 Å². The number of halogens is 1. The second kappa shape index (κ2) is 3.14. The first-order valence-electron chi connectivity index (χ1n) is 4.12. The van der Waals surface area contributed by atoms with Crippen molar-refractivity contribution < 1.29 is 8.81 Å². The molecule has 0 aliphatic rings. The molecule has 4 heteroatoms. The first-order valence-corrected chi connectivity index (χ1v) is 4.12. The first-order chi connectivity index (χ1) is 6.70. The van der Waals surface area contributed by atoms with E-state index in [1.807, 2.05) is 0 Å². The summed E-state index contributed by atoms with van der Waals surface area (Å²) in [5.41, 5.74) is 0.255. The van der Waals surface area contributed by atoms with Gasteiger partial charge in [0.1, 0.15) is 17.1 Å². The summed E-state index contributed by atoms with van der Waals surface area (Å²) in [7, 11) is 1.61. The first kappa shape index (κ1) is 8.74. The molecule has 0 saturated carbocycles. The molecular weight excluding hydrogens is 185 g/mol. The van der Waals surface area contributed by atoms with Crippen molar-refractivity contribution in [3.63, 3.8) is 0 Å². The molecule has 1 aromatic carbocycles. The second-order valence-electron chi connectivity index (χ2n) is 2.88. The number of benzene rings is 1. The molecule has 3 nitrogen and oxygen atoms in total. The van der Waals surface area contributed by atoms with E-state index in [0.29, 0.717) is 16.7 Å². The van der Waals surface area contributed by atoms with Crippen LogP contribution in [0.1, 0.15) is 0 Å². The molecule has 0 aliphatic heterocycles. The summed E-state index contributed by atoms with van der Waals surface area (Å²) in [6, 6.07) is 5.57. The lowest BCUT2D eigenvalue weighted by Gasteiger charge is -2.00. The Morgan fingerprint density at radius 1 is 1.36 bits per heavy atom. The topological polar surface area (TPSA) is 42.2 Å². The fourth-order valence-corrected chi connectivity index (χ4v) is 1.27. The molecule has 0 fully saturated rings. The summed E-state index contributed by atoms with van der Waals surface area (Å²) in [6.45, 7) is 0. The molecule has 1 N–H and O–H groups in total. The van der Waals surface area contributed by atoms with Gasteiger partial charge in [0.15, 0.2) is 0 Å². The number of hydrogen-bond donors (Lipinski definition) is 1. The van der Waals surface area contributed by atoms with Crippen molar-refractivity contribution in [2.45, 2.75) is 0 Å². The van der Waals surface area contributed by atoms with E-state index in [4.69, 9.17) is 4.42 Å². The lowest BCUT2D eigenvalue weighted by atomic mass is 10.2. The van der Waals surface area contributed by atoms with Crippen LogP contribution in [0.5, 0.6) is 0 Å². The van der Waals surface area contributed by atoms with Gasteiger partial charge in [-0.05, 0) is 24.3 Å². The summed E-state index contributed by atoms with van der Waals surface area (Å²) in [6.07, 6.45) is 0. The van der Waals surface area contributed by atoms with Gasteiger partial charge in [-0.1, -0.05) is 0 Å². The van der Waals surface area contributed by atoms with Crippen LogP contribution in [0.25, 0.3) is 11.0 Å². The number of nitrogens with one attached hydrogen (secondary N) is 1. The Morgan fingerprint density at radius 2 is 2.14 bits per heavy atom. The maximum Gasteiger partial charge on any atom is 0.359 e. The molecule has 2 aromatic rings. The molecule has 0 atom stereocenters. The Bertz CT molecular complexity index is 533. The zero-order valence-electron chi connectivity index (χ0n) is 7.50. The molecule has 1 heterocycles. The van der Waals surface area contributed by atoms with E-state index >= 15 is 0 Å². The number of hydrogen-bond acceptors (Lipinski definition) is 3. The van der Waals surface area contributed by atoms with E-state index in [-0.39, 0.29) is 5.82 Å². The third-order valence-electron chi connectivity index (χ3n) is 1.96. The molecule has 0 bridgehead atoms. The molecule has 72 valence electrons. The van der Waals surface area contributed by atoms with Crippen molar-refractivity contribution in [3.8, 4) is 0 Å². The monoisotopic (exact) mass is 193 g/mol. The maximum absolute atomic E-state index is 12.8. The number of rotatable bonds is 1. The van der Waals surface area contributed by atoms with Crippen LogP contribution >= 0.6 is 0 Å². The van der Waals surface area contributed by atoms with Crippen LogP contribution < -0.4 is 10.9 Å². The van der Waals surface area contributed by atoms with Crippen molar-refractivity contribution in [1.29, 1.82) is 0 Å². The largest absolute Gasteiger partial charge is 0.421 e. The molecule has 14 heavy (non-hydrogen) atoms. The van der Waals surface area contributed by atoms with Gasteiger partial charge in [0.05, 0.1) is 0 Å². The zero-order valence-corrected chi connectivity index (χ0v) is 7.50. The third-order valence-corrected chi connectivity index (χ3v) is 1.96. The lowest BCUT2D eigenvalue weighted by molar-refractivity contribution is 0.561. The SMILES string of the molecule is CNc1cc2cc(F)ccc2oc1=O. The highest BCUT2D eigenvalue weighted by molar-refractivity contribution is 5.79. The minimum atomic E-state index is -0.452. The van der Waals surface area contributed by atoms with Crippen molar-refractivity contribution in [1.82, 2.24) is 0 Å². The normalized spacial score (nSPS) is 10.4. The molecular formula is C10H8FNO2. The zero-order chi connectivity index (χ0) is 10.1. The van der Waals surface area contributed by atoms with Crippen LogP contribution in [0.4, 0.5) is 10.1 Å². The maximum atomic E-state index is 12.8. The average molecular weight is 193 g/mol. The van der Waals surface area contributed by atoms with Crippen LogP contribution in [0, 0.1) is 5.82 Å². The highest BCUT2D eigenvalue weighted by Gasteiger charge is 2.03. The van der Waals surface area contributed by atoms with Gasteiger partial charge in [-0.2, -0.15) is 0 Å². The Balaban J connectivity index is 2.80. The van der Waals surface area contributed by atoms with Gasteiger partial charge >= 0.3 is 5.63 Å². The van der Waals surface area contributed by atoms with E-state index < -0.39 is 5.63 Å². The van der Waals surface area contributed by atoms with Crippen molar-refractivity contribution in [3.05, 3.63) is 40.5 Å². The molecule has 0 amide bonds. The smallest absolute Gasteiger partial charge is 0.359 e. The van der Waals surface area contributed by atoms with Crippen LogP contribution in [0.15, 0.2) is 33.5 Å². The minimum absolute atomic E-state index is 0.322. The number of anilines is 1. The van der Waals surface area contributed by atoms with E-state index in [9.17, 15) is 9.18 Å². The Morgan fingerprint density at radius 3 is 2.86 bits per heavy atom. The summed E-state index contributed by atoms with van der Waals surface area (Å²) >= 11 is 0. The van der Waals surface area contributed by atoms with Gasteiger partial charge in [0.2, 0.25) is 0 Å². The van der Waals surface area contributed by atoms with Gasteiger partial charge in [-0.25, -0.2) is 9.18 Å². The summed E-state index contributed by atoms with van der Waals surface area (Å²) < 4.78 is 17.8. The third kappa shape index (κ3) is 1.35. The summed E-state index contributed by atoms with van der Waals surface area (Å²) in [5, 5.41) is 3.24. The average Bonchev–Trinajstić information content (AvgIpc) is 2.17. The second-order valence-corrected chi connectivity index (χ2v) is 2.88. The summed E-state index contributed by atoms with van der Waals surface area (Å²) in [5.74, 6) is -0.353.